The second kappa shape index (κ2) is 7.26. The van der Waals surface area contributed by atoms with E-state index >= 15 is 0 Å². The molecule has 0 saturated heterocycles. The second-order valence-corrected chi connectivity index (χ2v) is 5.60. The van der Waals surface area contributed by atoms with Crippen LogP contribution in [0.25, 0.3) is 28.1 Å². The number of halogens is 7. The highest BCUT2D eigenvalue weighted by Gasteiger charge is 2.14. The minimum atomic E-state index is -2.55. The summed E-state index contributed by atoms with van der Waals surface area (Å²) >= 11 is 0. The van der Waals surface area contributed by atoms with Gasteiger partial charge in [-0.3, -0.25) is 0 Å². The number of hydrogen-bond acceptors (Lipinski definition) is 0. The van der Waals surface area contributed by atoms with Crippen molar-refractivity contribution in [2.45, 2.75) is 0 Å². The van der Waals surface area contributed by atoms with E-state index in [0.29, 0.717) is 17.2 Å². The molecule has 3 rings (SSSR count). The van der Waals surface area contributed by atoms with Gasteiger partial charge in [-0.25, -0.2) is 22.0 Å². The average molecular weight is 382 g/mol. The molecule has 0 heterocycles. The van der Waals surface area contributed by atoms with Gasteiger partial charge in [0.2, 0.25) is 0 Å². The first kappa shape index (κ1) is 18.7. The molecule has 0 aromatic heterocycles. The molecule has 0 aliphatic rings. The van der Waals surface area contributed by atoms with Gasteiger partial charge >= 0.3 is 6.08 Å². The van der Waals surface area contributed by atoms with Crippen LogP contribution in [-0.2, 0) is 0 Å². The van der Waals surface area contributed by atoms with Crippen LogP contribution in [0.3, 0.4) is 0 Å². The Hall–Kier alpha value is -3.09. The fourth-order valence-corrected chi connectivity index (χ4v) is 2.56. The largest absolute Gasteiger partial charge is 0.306 e. The lowest BCUT2D eigenvalue weighted by molar-refractivity contribution is 0.410. The standard InChI is InChI=1S/C20H9F7/c21-15-7-12(18(24)20(26)27)5-6-14(15)11-3-1-10(2-4-11)13-8-16(22)19(25)17(23)9-13/h1-9H. The Morgan fingerprint density at radius 1 is 0.556 bits per heavy atom. The maximum Gasteiger partial charge on any atom is 0.306 e. The summed E-state index contributed by atoms with van der Waals surface area (Å²) in [5.41, 5.74) is 0.191. The normalized spacial score (nSPS) is 10.8. The van der Waals surface area contributed by atoms with Crippen LogP contribution in [0.5, 0.6) is 0 Å². The quantitative estimate of drug-likeness (QED) is 0.334. The summed E-state index contributed by atoms with van der Waals surface area (Å²) in [7, 11) is 0. The van der Waals surface area contributed by atoms with Crippen LogP contribution in [0.4, 0.5) is 30.7 Å². The van der Waals surface area contributed by atoms with E-state index in [0.717, 1.165) is 24.3 Å². The lowest BCUT2D eigenvalue weighted by Crippen LogP contribution is -1.92. The zero-order chi connectivity index (χ0) is 19.7. The van der Waals surface area contributed by atoms with Crippen molar-refractivity contribution in [2.75, 3.05) is 0 Å². The van der Waals surface area contributed by atoms with Crippen molar-refractivity contribution in [3.05, 3.63) is 89.5 Å². The van der Waals surface area contributed by atoms with E-state index in [2.05, 4.69) is 0 Å². The Balaban J connectivity index is 1.95. The average Bonchev–Trinajstić information content (AvgIpc) is 2.65. The summed E-state index contributed by atoms with van der Waals surface area (Å²) in [6.07, 6.45) is -2.55. The lowest BCUT2D eigenvalue weighted by Gasteiger charge is -2.08. The molecule has 0 bridgehead atoms. The molecule has 0 atom stereocenters. The van der Waals surface area contributed by atoms with Crippen LogP contribution in [0.1, 0.15) is 5.56 Å². The molecule has 7 heteroatoms. The number of benzene rings is 3. The van der Waals surface area contributed by atoms with Crippen LogP contribution >= 0.6 is 0 Å². The maximum atomic E-state index is 14.2. The molecule has 138 valence electrons. The van der Waals surface area contributed by atoms with Gasteiger partial charge in [-0.05, 0) is 34.9 Å². The van der Waals surface area contributed by atoms with E-state index in [9.17, 15) is 30.7 Å². The summed E-state index contributed by atoms with van der Waals surface area (Å²) in [5, 5.41) is 0. The highest BCUT2D eigenvalue weighted by molar-refractivity contribution is 5.72. The van der Waals surface area contributed by atoms with Crippen molar-refractivity contribution >= 4 is 5.83 Å². The van der Waals surface area contributed by atoms with Crippen molar-refractivity contribution in [3.63, 3.8) is 0 Å². The number of rotatable bonds is 3. The summed E-state index contributed by atoms with van der Waals surface area (Å²) in [6.45, 7) is 0. The zero-order valence-corrected chi connectivity index (χ0v) is 13.3. The molecule has 0 saturated carbocycles. The molecular weight excluding hydrogens is 373 g/mol. The molecule has 27 heavy (non-hydrogen) atoms. The summed E-state index contributed by atoms with van der Waals surface area (Å²) in [5.74, 6) is -6.99. The van der Waals surface area contributed by atoms with Gasteiger partial charge in [0.15, 0.2) is 23.3 Å². The third-order valence-corrected chi connectivity index (χ3v) is 3.90. The van der Waals surface area contributed by atoms with E-state index in [1.807, 2.05) is 0 Å². The van der Waals surface area contributed by atoms with Gasteiger partial charge in [-0.15, -0.1) is 0 Å². The smallest absolute Gasteiger partial charge is 0.206 e. The highest BCUT2D eigenvalue weighted by atomic mass is 19.3. The van der Waals surface area contributed by atoms with E-state index in [4.69, 9.17) is 0 Å². The van der Waals surface area contributed by atoms with Crippen molar-refractivity contribution in [1.29, 1.82) is 0 Å². The van der Waals surface area contributed by atoms with Crippen LogP contribution in [-0.4, -0.2) is 0 Å². The molecule has 3 aromatic rings. The van der Waals surface area contributed by atoms with Gasteiger partial charge in [0.05, 0.1) is 0 Å². The maximum absolute atomic E-state index is 14.2. The fraction of sp³-hybridized carbons (Fsp3) is 0. The Bertz CT molecular complexity index is 1010. The topological polar surface area (TPSA) is 0 Å². The minimum Gasteiger partial charge on any atom is -0.206 e. The molecule has 3 aromatic carbocycles. The van der Waals surface area contributed by atoms with Crippen LogP contribution < -0.4 is 0 Å². The molecule has 0 nitrogen and oxygen atoms in total. The van der Waals surface area contributed by atoms with E-state index in [-0.39, 0.29) is 11.1 Å². The first-order valence-electron chi connectivity index (χ1n) is 7.54. The third-order valence-electron chi connectivity index (χ3n) is 3.90. The number of hydrogen-bond donors (Lipinski definition) is 0. The molecule has 0 N–H and O–H groups in total. The van der Waals surface area contributed by atoms with E-state index < -0.39 is 40.7 Å². The zero-order valence-electron chi connectivity index (χ0n) is 13.3. The fourth-order valence-electron chi connectivity index (χ4n) is 2.56. The Morgan fingerprint density at radius 2 is 1.11 bits per heavy atom. The van der Waals surface area contributed by atoms with Gasteiger partial charge in [-0.2, -0.15) is 8.78 Å². The van der Waals surface area contributed by atoms with Gasteiger partial charge < -0.3 is 0 Å². The van der Waals surface area contributed by atoms with Gasteiger partial charge in [0.25, 0.3) is 0 Å². The predicted molar refractivity (Wildman–Crippen MR) is 87.4 cm³/mol. The predicted octanol–water partition coefficient (Wildman–Crippen LogP) is 7.11. The minimum absolute atomic E-state index is 0.0221. The summed E-state index contributed by atoms with van der Waals surface area (Å²) < 4.78 is 91.6. The SMILES string of the molecule is FC(F)=C(F)c1ccc(-c2ccc(-c3cc(F)c(F)c(F)c3)cc2)c(F)c1. The molecular formula is C20H9F7. The van der Waals surface area contributed by atoms with Crippen molar-refractivity contribution in [2.24, 2.45) is 0 Å². The molecule has 0 amide bonds. The van der Waals surface area contributed by atoms with E-state index in [1.54, 1.807) is 0 Å². The van der Waals surface area contributed by atoms with Crippen LogP contribution in [0, 0.1) is 23.3 Å². The van der Waals surface area contributed by atoms with Crippen molar-refractivity contribution in [1.82, 2.24) is 0 Å². The van der Waals surface area contributed by atoms with Gasteiger partial charge in [0, 0.05) is 11.1 Å². The van der Waals surface area contributed by atoms with Crippen molar-refractivity contribution < 1.29 is 30.7 Å². The molecule has 0 aliphatic heterocycles. The lowest BCUT2D eigenvalue weighted by atomic mass is 9.99. The van der Waals surface area contributed by atoms with Crippen molar-refractivity contribution in [3.8, 4) is 22.3 Å². The summed E-state index contributed by atoms with van der Waals surface area (Å²) in [6, 6.07) is 10.1. The first-order valence-corrected chi connectivity index (χ1v) is 7.54. The third kappa shape index (κ3) is 3.72. The Kier molecular flexibility index (Phi) is 5.03. The van der Waals surface area contributed by atoms with Gasteiger partial charge in [-0.1, -0.05) is 36.4 Å². The summed E-state index contributed by atoms with van der Waals surface area (Å²) in [4.78, 5) is 0. The molecule has 0 unspecified atom stereocenters. The molecule has 0 radical (unpaired) electrons. The second-order valence-electron chi connectivity index (χ2n) is 5.60. The first-order chi connectivity index (χ1) is 12.8. The van der Waals surface area contributed by atoms with E-state index in [1.165, 1.54) is 24.3 Å². The van der Waals surface area contributed by atoms with Crippen LogP contribution in [0.2, 0.25) is 0 Å². The van der Waals surface area contributed by atoms with Crippen LogP contribution in [0.15, 0.2) is 60.7 Å². The highest BCUT2D eigenvalue weighted by Crippen LogP contribution is 2.31. The molecule has 0 spiro atoms. The Morgan fingerprint density at radius 3 is 1.63 bits per heavy atom. The molecule has 0 fully saturated rings. The Labute approximate surface area is 149 Å². The monoisotopic (exact) mass is 382 g/mol. The van der Waals surface area contributed by atoms with Gasteiger partial charge in [0.1, 0.15) is 5.82 Å². The molecule has 0 aliphatic carbocycles.